The van der Waals surface area contributed by atoms with E-state index in [4.69, 9.17) is 9.47 Å². The molecule has 3 heterocycles. The molecule has 0 bridgehead atoms. The van der Waals surface area contributed by atoms with E-state index in [1.165, 1.54) is 64.2 Å². The van der Waals surface area contributed by atoms with Crippen LogP contribution in [0.2, 0.25) is 0 Å². The molecule has 0 spiro atoms. The van der Waals surface area contributed by atoms with Crippen molar-refractivity contribution in [2.75, 3.05) is 4.90 Å². The number of nitrogens with zero attached hydrogens (tertiary/aromatic N) is 2. The van der Waals surface area contributed by atoms with Gasteiger partial charge in [-0.3, -0.25) is 0 Å². The van der Waals surface area contributed by atoms with Crippen molar-refractivity contribution in [2.45, 2.75) is 0 Å². The lowest BCUT2D eigenvalue weighted by Gasteiger charge is -2.28. The number of para-hydroxylation sites is 4. The second-order valence-electron chi connectivity index (χ2n) is 14.9. The van der Waals surface area contributed by atoms with Gasteiger partial charge in [0.15, 0.2) is 23.0 Å². The Hall–Kier alpha value is -7.60. The third-order valence-corrected chi connectivity index (χ3v) is 12.6. The van der Waals surface area contributed by atoms with Crippen LogP contribution in [0.5, 0.6) is 23.0 Å². The van der Waals surface area contributed by atoms with E-state index in [-0.39, 0.29) is 0 Å². The first-order valence-corrected chi connectivity index (χ1v) is 20.6. The molecule has 2 aromatic heterocycles. The van der Waals surface area contributed by atoms with Gasteiger partial charge >= 0.3 is 0 Å². The van der Waals surface area contributed by atoms with Crippen LogP contribution in [0.15, 0.2) is 206 Å². The Morgan fingerprint density at radius 1 is 0.339 bits per heavy atom. The van der Waals surface area contributed by atoms with Gasteiger partial charge in [-0.1, -0.05) is 115 Å². The number of hydrogen-bond donors (Lipinski definition) is 0. The van der Waals surface area contributed by atoms with Gasteiger partial charge in [0.05, 0.1) is 16.7 Å². The quantitative estimate of drug-likeness (QED) is 0.168. The fourth-order valence-corrected chi connectivity index (χ4v) is 9.75. The van der Waals surface area contributed by atoms with Crippen LogP contribution in [0.4, 0.5) is 17.1 Å². The van der Waals surface area contributed by atoms with E-state index in [2.05, 4.69) is 185 Å². The highest BCUT2D eigenvalue weighted by molar-refractivity contribution is 7.25. The summed E-state index contributed by atoms with van der Waals surface area (Å²) in [6.45, 7) is 0. The SMILES string of the molecule is c1ccc(-c2ccc(N(c3ccc4c(c3)Oc3ccccc3O4)c3ccc4c(c3)sc3ccc(-c5ccc6c7ccccc7n(-c7ccccc7)c6c5)cc34)cc2)cc1. The summed E-state index contributed by atoms with van der Waals surface area (Å²) in [4.78, 5) is 2.30. The number of aromatic nitrogens is 1. The van der Waals surface area contributed by atoms with E-state index in [1.54, 1.807) is 0 Å². The number of fused-ring (bicyclic) bond motifs is 8. The molecule has 5 heteroatoms. The standard InChI is InChI=1S/C54H34N2O2S/c1-3-11-35(12-4-1)36-19-23-40(24-20-36)55(41-26-29-51-52(33-41)58-50-18-10-9-17-49(50)57-51)42-25-28-45-46-31-37(22-30-53(46)59-54(45)34-42)38-21-27-44-43-15-7-8-16-47(43)56(48(44)32-38)39-13-5-2-6-14-39/h1-34H. The molecule has 1 aliphatic heterocycles. The lowest BCUT2D eigenvalue weighted by molar-refractivity contribution is 0.360. The van der Waals surface area contributed by atoms with Crippen molar-refractivity contribution in [3.8, 4) is 50.9 Å². The zero-order valence-electron chi connectivity index (χ0n) is 31.7. The van der Waals surface area contributed by atoms with Crippen molar-refractivity contribution < 1.29 is 9.47 Å². The molecule has 0 aliphatic carbocycles. The first kappa shape index (κ1) is 33.5. The van der Waals surface area contributed by atoms with Gasteiger partial charge in [-0.25, -0.2) is 0 Å². The van der Waals surface area contributed by atoms with Crippen molar-refractivity contribution in [3.05, 3.63) is 206 Å². The Morgan fingerprint density at radius 2 is 0.915 bits per heavy atom. The summed E-state index contributed by atoms with van der Waals surface area (Å²) in [6.07, 6.45) is 0. The highest BCUT2D eigenvalue weighted by atomic mass is 32.1. The molecule has 11 aromatic rings. The van der Waals surface area contributed by atoms with Crippen molar-refractivity contribution in [2.24, 2.45) is 0 Å². The Bertz CT molecular complexity index is 3390. The van der Waals surface area contributed by atoms with E-state index >= 15 is 0 Å². The van der Waals surface area contributed by atoms with Crippen LogP contribution in [0.3, 0.4) is 0 Å². The molecule has 0 saturated carbocycles. The Morgan fingerprint density at radius 3 is 1.75 bits per heavy atom. The minimum absolute atomic E-state index is 0.685. The van der Waals surface area contributed by atoms with Gasteiger partial charge in [0.1, 0.15) is 0 Å². The number of ether oxygens (including phenoxy) is 2. The third kappa shape index (κ3) is 5.66. The first-order valence-electron chi connectivity index (χ1n) is 19.8. The molecule has 0 fully saturated rings. The van der Waals surface area contributed by atoms with E-state index in [9.17, 15) is 0 Å². The van der Waals surface area contributed by atoms with E-state index in [1.807, 2.05) is 41.7 Å². The Labute approximate surface area is 345 Å². The summed E-state index contributed by atoms with van der Waals surface area (Å²) < 4.78 is 17.5. The topological polar surface area (TPSA) is 26.6 Å². The summed E-state index contributed by atoms with van der Waals surface area (Å²) in [6, 6.07) is 73.3. The largest absolute Gasteiger partial charge is 0.450 e. The molecule has 0 unspecified atom stereocenters. The van der Waals surface area contributed by atoms with Gasteiger partial charge in [-0.15, -0.1) is 11.3 Å². The van der Waals surface area contributed by atoms with Crippen molar-refractivity contribution in [3.63, 3.8) is 0 Å². The minimum Gasteiger partial charge on any atom is -0.450 e. The van der Waals surface area contributed by atoms with E-state index < -0.39 is 0 Å². The maximum absolute atomic E-state index is 6.39. The van der Waals surface area contributed by atoms with Gasteiger partial charge < -0.3 is 18.9 Å². The summed E-state index contributed by atoms with van der Waals surface area (Å²) in [7, 11) is 0. The third-order valence-electron chi connectivity index (χ3n) is 11.4. The molecule has 278 valence electrons. The first-order chi connectivity index (χ1) is 29.2. The van der Waals surface area contributed by atoms with Gasteiger partial charge in [-0.05, 0) is 107 Å². The molecule has 12 rings (SSSR count). The van der Waals surface area contributed by atoms with Crippen LogP contribution < -0.4 is 14.4 Å². The fraction of sp³-hybridized carbons (Fsp3) is 0. The molecule has 0 atom stereocenters. The van der Waals surface area contributed by atoms with E-state index in [0.717, 1.165) is 28.5 Å². The second kappa shape index (κ2) is 13.5. The minimum atomic E-state index is 0.685. The molecular weight excluding hydrogens is 741 g/mol. The smallest absolute Gasteiger partial charge is 0.172 e. The summed E-state index contributed by atoms with van der Waals surface area (Å²) >= 11 is 1.83. The molecule has 0 N–H and O–H groups in total. The van der Waals surface area contributed by atoms with Crippen LogP contribution in [0.25, 0.3) is 69.9 Å². The van der Waals surface area contributed by atoms with Gasteiger partial charge in [0.25, 0.3) is 0 Å². The molecule has 1 aliphatic rings. The lowest BCUT2D eigenvalue weighted by atomic mass is 10.0. The van der Waals surface area contributed by atoms with Crippen LogP contribution in [0.1, 0.15) is 0 Å². The fourth-order valence-electron chi connectivity index (χ4n) is 8.63. The highest BCUT2D eigenvalue weighted by Crippen LogP contribution is 2.49. The molecular formula is C54H34N2O2S. The second-order valence-corrected chi connectivity index (χ2v) is 16.0. The monoisotopic (exact) mass is 774 g/mol. The maximum Gasteiger partial charge on any atom is 0.172 e. The predicted molar refractivity (Wildman–Crippen MR) is 246 cm³/mol. The number of rotatable bonds is 6. The van der Waals surface area contributed by atoms with Gasteiger partial charge in [-0.2, -0.15) is 0 Å². The summed E-state index contributed by atoms with van der Waals surface area (Å²) in [5.41, 5.74) is 11.4. The maximum atomic E-state index is 6.39. The van der Waals surface area contributed by atoms with Crippen molar-refractivity contribution >= 4 is 70.4 Å². The summed E-state index contributed by atoms with van der Waals surface area (Å²) in [5, 5.41) is 5.02. The number of thiophene rings is 1. The van der Waals surface area contributed by atoms with Crippen molar-refractivity contribution in [1.29, 1.82) is 0 Å². The Balaban J connectivity index is 0.958. The molecule has 59 heavy (non-hydrogen) atoms. The number of hydrogen-bond acceptors (Lipinski definition) is 4. The zero-order chi connectivity index (χ0) is 38.9. The molecule has 9 aromatic carbocycles. The number of anilines is 3. The van der Waals surface area contributed by atoms with Crippen LogP contribution >= 0.6 is 11.3 Å². The highest BCUT2D eigenvalue weighted by Gasteiger charge is 2.22. The number of benzene rings is 9. The summed E-state index contributed by atoms with van der Waals surface area (Å²) in [5.74, 6) is 2.81. The zero-order valence-corrected chi connectivity index (χ0v) is 32.6. The molecule has 0 radical (unpaired) electrons. The average Bonchev–Trinajstić information content (AvgIpc) is 3.84. The lowest BCUT2D eigenvalue weighted by Crippen LogP contribution is -2.10. The van der Waals surface area contributed by atoms with Crippen LogP contribution in [-0.2, 0) is 0 Å². The predicted octanol–water partition coefficient (Wildman–Crippen LogP) is 15.9. The Kier molecular flexibility index (Phi) is 7.68. The van der Waals surface area contributed by atoms with Crippen LogP contribution in [0, 0.1) is 0 Å². The average molecular weight is 775 g/mol. The molecule has 4 nitrogen and oxygen atoms in total. The molecule has 0 amide bonds. The van der Waals surface area contributed by atoms with E-state index in [0.29, 0.717) is 17.2 Å². The van der Waals surface area contributed by atoms with Crippen molar-refractivity contribution in [1.82, 2.24) is 4.57 Å². The normalized spacial score (nSPS) is 12.0. The van der Waals surface area contributed by atoms with Crippen LogP contribution in [-0.4, -0.2) is 4.57 Å². The molecule has 0 saturated heterocycles. The van der Waals surface area contributed by atoms with Gasteiger partial charge in [0, 0.05) is 54.1 Å². The van der Waals surface area contributed by atoms with Gasteiger partial charge in [0.2, 0.25) is 0 Å².